The molecule has 2 rings (SSSR count). The van der Waals surface area contributed by atoms with Gasteiger partial charge in [0.05, 0.1) is 4.90 Å². The van der Waals surface area contributed by atoms with Crippen molar-refractivity contribution in [3.8, 4) is 12.1 Å². The fourth-order valence-electron chi connectivity index (χ4n) is 1.97. The summed E-state index contributed by atoms with van der Waals surface area (Å²) in [7, 11) is -3.67. The molecular weight excluding hydrogens is 322 g/mol. The Balaban J connectivity index is 2.19. The molecule has 0 saturated heterocycles. The van der Waals surface area contributed by atoms with Gasteiger partial charge < -0.3 is 4.90 Å². The highest BCUT2D eigenvalue weighted by molar-refractivity contribution is 7.93. The van der Waals surface area contributed by atoms with Crippen LogP contribution in [-0.2, 0) is 9.84 Å². The lowest BCUT2D eigenvalue weighted by Crippen LogP contribution is -2.29. The first kappa shape index (κ1) is 16.1. The predicted molar refractivity (Wildman–Crippen MR) is 81.9 cm³/mol. The summed E-state index contributed by atoms with van der Waals surface area (Å²) in [4.78, 5) is 1.56. The molecule has 0 N–H and O–H groups in total. The third-order valence-corrected chi connectivity index (χ3v) is 6.01. The van der Waals surface area contributed by atoms with Gasteiger partial charge in [-0.05, 0) is 12.1 Å². The number of hydrogen-bond acceptors (Lipinski definition) is 5. The highest BCUT2D eigenvalue weighted by atomic mass is 35.5. The molecule has 1 unspecified atom stereocenters. The predicted octanol–water partition coefficient (Wildman–Crippen LogP) is 2.40. The van der Waals surface area contributed by atoms with Crippen LogP contribution in [0.15, 0.2) is 59.8 Å². The molecule has 0 fully saturated rings. The van der Waals surface area contributed by atoms with Crippen LogP contribution in [0.4, 0.5) is 0 Å². The van der Waals surface area contributed by atoms with Gasteiger partial charge in [-0.2, -0.15) is 10.5 Å². The number of nitrogens with zero attached hydrogens (tertiary/aromatic N) is 3. The SMILES string of the molecule is N#CC(C#N)N1C=CC(C(Cl)S(=O)(=O)c2ccccc2)C=C1. The first-order valence-electron chi connectivity index (χ1n) is 6.37. The monoisotopic (exact) mass is 333 g/mol. The van der Waals surface area contributed by atoms with Crippen LogP contribution in [0.3, 0.4) is 0 Å². The van der Waals surface area contributed by atoms with Crippen LogP contribution in [0.2, 0.25) is 0 Å². The summed E-state index contributed by atoms with van der Waals surface area (Å²) in [5.41, 5.74) is 0. The number of benzene rings is 1. The van der Waals surface area contributed by atoms with Gasteiger partial charge in [-0.15, -0.1) is 11.6 Å². The molecule has 1 heterocycles. The Morgan fingerprint density at radius 3 is 2.14 bits per heavy atom. The molecule has 0 spiro atoms. The topological polar surface area (TPSA) is 85.0 Å². The molecule has 22 heavy (non-hydrogen) atoms. The van der Waals surface area contributed by atoms with Gasteiger partial charge in [-0.25, -0.2) is 8.42 Å². The molecule has 0 aromatic heterocycles. The molecule has 1 aliphatic heterocycles. The van der Waals surface area contributed by atoms with Crippen molar-refractivity contribution in [1.82, 2.24) is 4.90 Å². The number of allylic oxidation sites excluding steroid dienone is 2. The zero-order chi connectivity index (χ0) is 16.2. The van der Waals surface area contributed by atoms with Gasteiger partial charge in [0.25, 0.3) is 0 Å². The Labute approximate surface area is 134 Å². The summed E-state index contributed by atoms with van der Waals surface area (Å²) in [6.45, 7) is 0. The van der Waals surface area contributed by atoms with E-state index in [2.05, 4.69) is 0 Å². The first-order chi connectivity index (χ1) is 10.5. The van der Waals surface area contributed by atoms with Gasteiger partial charge in [0, 0.05) is 18.3 Å². The summed E-state index contributed by atoms with van der Waals surface area (Å²) in [5.74, 6) is -0.541. The van der Waals surface area contributed by atoms with E-state index >= 15 is 0 Å². The van der Waals surface area contributed by atoms with Crippen molar-refractivity contribution in [2.24, 2.45) is 5.92 Å². The minimum Gasteiger partial charge on any atom is -0.327 e. The molecule has 0 bridgehead atoms. The van der Waals surface area contributed by atoms with Gasteiger partial charge in [0.15, 0.2) is 9.84 Å². The number of alkyl halides is 1. The van der Waals surface area contributed by atoms with E-state index < -0.39 is 26.5 Å². The lowest BCUT2D eigenvalue weighted by Gasteiger charge is -2.24. The van der Waals surface area contributed by atoms with E-state index in [0.717, 1.165) is 0 Å². The number of nitriles is 2. The maximum atomic E-state index is 12.4. The van der Waals surface area contributed by atoms with Crippen LogP contribution < -0.4 is 0 Å². The van der Waals surface area contributed by atoms with E-state index in [1.807, 2.05) is 12.1 Å². The molecule has 0 saturated carbocycles. The van der Waals surface area contributed by atoms with Crippen LogP contribution in [-0.4, -0.2) is 24.1 Å². The van der Waals surface area contributed by atoms with E-state index in [9.17, 15) is 8.42 Å². The fourth-order valence-corrected chi connectivity index (χ4v) is 3.84. The Morgan fingerprint density at radius 1 is 1.09 bits per heavy atom. The smallest absolute Gasteiger partial charge is 0.208 e. The zero-order valence-corrected chi connectivity index (χ0v) is 12.9. The average molecular weight is 334 g/mol. The van der Waals surface area contributed by atoms with Crippen molar-refractivity contribution in [2.45, 2.75) is 15.6 Å². The Morgan fingerprint density at radius 2 is 1.64 bits per heavy atom. The van der Waals surface area contributed by atoms with E-state index in [4.69, 9.17) is 22.1 Å². The summed E-state index contributed by atoms with van der Waals surface area (Å²) in [5, 5.41) is 17.7. The second-order valence-electron chi connectivity index (χ2n) is 4.58. The van der Waals surface area contributed by atoms with Crippen molar-refractivity contribution in [2.75, 3.05) is 0 Å². The van der Waals surface area contributed by atoms with Gasteiger partial charge in [-0.1, -0.05) is 30.4 Å². The summed E-state index contributed by atoms with van der Waals surface area (Å²) in [6, 6.07) is 10.7. The third kappa shape index (κ3) is 3.14. The number of hydrogen-bond donors (Lipinski definition) is 0. The number of sulfone groups is 1. The van der Waals surface area contributed by atoms with E-state index in [-0.39, 0.29) is 4.90 Å². The largest absolute Gasteiger partial charge is 0.327 e. The standard InChI is InChI=1S/C15H12ClN3O2S/c16-15(22(20,21)14-4-2-1-3-5-14)12-6-8-19(9-7-12)13(10-17)11-18/h1-9,12-13,15H. The van der Waals surface area contributed by atoms with Crippen LogP contribution in [0.5, 0.6) is 0 Å². The molecule has 1 aromatic rings. The van der Waals surface area contributed by atoms with Gasteiger partial charge in [-0.3, -0.25) is 0 Å². The van der Waals surface area contributed by atoms with Crippen molar-refractivity contribution < 1.29 is 8.42 Å². The number of halogens is 1. The van der Waals surface area contributed by atoms with E-state index in [0.29, 0.717) is 0 Å². The molecule has 0 aliphatic carbocycles. The summed E-state index contributed by atoms with van der Waals surface area (Å²) in [6.07, 6.45) is 6.13. The van der Waals surface area contributed by atoms with Gasteiger partial charge >= 0.3 is 0 Å². The third-order valence-electron chi connectivity index (χ3n) is 3.17. The molecule has 112 valence electrons. The molecule has 1 aromatic carbocycles. The molecule has 7 heteroatoms. The van der Waals surface area contributed by atoms with Crippen LogP contribution >= 0.6 is 11.6 Å². The average Bonchev–Trinajstić information content (AvgIpc) is 2.57. The van der Waals surface area contributed by atoms with Gasteiger partial charge in [0.2, 0.25) is 6.04 Å². The maximum Gasteiger partial charge on any atom is 0.208 e. The Kier molecular flexibility index (Phi) is 4.87. The normalized spacial score (nSPS) is 16.3. The second-order valence-corrected chi connectivity index (χ2v) is 7.38. The molecule has 1 atom stereocenters. The van der Waals surface area contributed by atoms with Crippen LogP contribution in [0, 0.1) is 28.6 Å². The minimum absolute atomic E-state index is 0.158. The fraction of sp³-hybridized carbons (Fsp3) is 0.200. The lowest BCUT2D eigenvalue weighted by atomic mass is 10.1. The Bertz CT molecular complexity index is 747. The molecule has 1 aliphatic rings. The first-order valence-corrected chi connectivity index (χ1v) is 8.35. The summed E-state index contributed by atoms with van der Waals surface area (Å²) >= 11 is 6.14. The highest BCUT2D eigenvalue weighted by Gasteiger charge is 2.31. The van der Waals surface area contributed by atoms with Crippen molar-refractivity contribution >= 4 is 21.4 Å². The molecule has 0 amide bonds. The van der Waals surface area contributed by atoms with E-state index in [1.165, 1.54) is 29.4 Å². The maximum absolute atomic E-state index is 12.4. The molecular formula is C15H12ClN3O2S. The quantitative estimate of drug-likeness (QED) is 0.790. The van der Waals surface area contributed by atoms with Crippen molar-refractivity contribution in [1.29, 1.82) is 10.5 Å². The number of rotatable bonds is 4. The van der Waals surface area contributed by atoms with Crippen LogP contribution in [0.1, 0.15) is 0 Å². The van der Waals surface area contributed by atoms with Crippen molar-refractivity contribution in [3.63, 3.8) is 0 Å². The van der Waals surface area contributed by atoms with Gasteiger partial charge in [0.1, 0.15) is 16.8 Å². The highest BCUT2D eigenvalue weighted by Crippen LogP contribution is 2.28. The lowest BCUT2D eigenvalue weighted by molar-refractivity contribution is 0.483. The van der Waals surface area contributed by atoms with Crippen molar-refractivity contribution in [3.05, 3.63) is 54.9 Å². The Hall–Kier alpha value is -2.28. The van der Waals surface area contributed by atoms with Crippen LogP contribution in [0.25, 0.3) is 0 Å². The summed E-state index contributed by atoms with van der Waals surface area (Å²) < 4.78 is 23.7. The second kappa shape index (κ2) is 6.65. The molecule has 0 radical (unpaired) electrons. The molecule has 5 nitrogen and oxygen atoms in total. The zero-order valence-electron chi connectivity index (χ0n) is 11.4. The van der Waals surface area contributed by atoms with E-state index in [1.54, 1.807) is 30.4 Å². The minimum atomic E-state index is -3.67.